The van der Waals surface area contributed by atoms with E-state index in [9.17, 15) is 9.59 Å². The zero-order valence-electron chi connectivity index (χ0n) is 16.4. The van der Waals surface area contributed by atoms with Gasteiger partial charge in [0, 0.05) is 18.3 Å². The van der Waals surface area contributed by atoms with Crippen LogP contribution >= 0.6 is 0 Å². The van der Waals surface area contributed by atoms with Gasteiger partial charge < -0.3 is 14.0 Å². The number of aromatic nitrogens is 1. The molecule has 140 valence electrons. The summed E-state index contributed by atoms with van der Waals surface area (Å²) in [5.74, 6) is 0.489. The topological polar surface area (TPSA) is 57.5 Å². The molecule has 0 spiro atoms. The molecular weight excluding hydrogens is 330 g/mol. The molecule has 5 nitrogen and oxygen atoms in total. The van der Waals surface area contributed by atoms with E-state index < -0.39 is 5.97 Å². The van der Waals surface area contributed by atoms with Crippen LogP contribution in [0.4, 0.5) is 0 Å². The van der Waals surface area contributed by atoms with E-state index in [2.05, 4.69) is 13.8 Å². The molecule has 2 aromatic rings. The van der Waals surface area contributed by atoms with E-state index >= 15 is 0 Å². The predicted octanol–water partition coefficient (Wildman–Crippen LogP) is 4.20. The molecule has 1 aromatic carbocycles. The first-order valence-corrected chi connectivity index (χ1v) is 8.86. The van der Waals surface area contributed by atoms with Crippen LogP contribution in [-0.2, 0) is 11.8 Å². The third-order valence-corrected chi connectivity index (χ3v) is 4.57. The van der Waals surface area contributed by atoms with Crippen LogP contribution in [0.15, 0.2) is 24.3 Å². The highest BCUT2D eigenvalue weighted by Crippen LogP contribution is 2.24. The van der Waals surface area contributed by atoms with E-state index in [1.165, 1.54) is 0 Å². The van der Waals surface area contributed by atoms with Crippen LogP contribution in [-0.4, -0.2) is 29.5 Å². The number of benzene rings is 1. The van der Waals surface area contributed by atoms with Gasteiger partial charge in [0.1, 0.15) is 11.4 Å². The van der Waals surface area contributed by atoms with Crippen molar-refractivity contribution in [2.24, 2.45) is 7.05 Å². The Balaban J connectivity index is 2.21. The number of esters is 1. The van der Waals surface area contributed by atoms with Crippen molar-refractivity contribution < 1.29 is 19.1 Å². The molecule has 2 rings (SSSR count). The Morgan fingerprint density at radius 2 is 1.88 bits per heavy atom. The molecule has 26 heavy (non-hydrogen) atoms. The third kappa shape index (κ3) is 3.98. The number of hydrogen-bond donors (Lipinski definition) is 0. The van der Waals surface area contributed by atoms with Gasteiger partial charge in [-0.2, -0.15) is 0 Å². The monoisotopic (exact) mass is 357 g/mol. The van der Waals surface area contributed by atoms with Crippen LogP contribution in [0, 0.1) is 13.8 Å². The highest BCUT2D eigenvalue weighted by molar-refractivity contribution is 6.03. The maximum absolute atomic E-state index is 12.7. The summed E-state index contributed by atoms with van der Waals surface area (Å²) >= 11 is 0. The van der Waals surface area contributed by atoms with Crippen molar-refractivity contribution in [2.45, 2.75) is 40.5 Å². The molecule has 0 unspecified atom stereocenters. The Morgan fingerprint density at radius 1 is 1.19 bits per heavy atom. The molecule has 1 heterocycles. The van der Waals surface area contributed by atoms with Gasteiger partial charge in [-0.15, -0.1) is 0 Å². The predicted molar refractivity (Wildman–Crippen MR) is 101 cm³/mol. The van der Waals surface area contributed by atoms with E-state index in [1.54, 1.807) is 25.5 Å². The number of nitrogens with zero attached hydrogens (tertiary/aromatic N) is 1. The van der Waals surface area contributed by atoms with E-state index in [1.807, 2.05) is 31.2 Å². The number of carbonyl (C=O) groups excluding carboxylic acids is 2. The van der Waals surface area contributed by atoms with Gasteiger partial charge in [-0.1, -0.05) is 26.0 Å². The van der Waals surface area contributed by atoms with Crippen LogP contribution in [0.1, 0.15) is 64.4 Å². The molecule has 5 heteroatoms. The molecule has 0 aliphatic heterocycles. The second kappa shape index (κ2) is 8.21. The van der Waals surface area contributed by atoms with E-state index in [4.69, 9.17) is 9.47 Å². The first-order valence-electron chi connectivity index (χ1n) is 8.86. The lowest BCUT2D eigenvalue weighted by Crippen LogP contribution is -2.14. The van der Waals surface area contributed by atoms with E-state index in [0.29, 0.717) is 35.1 Å². The van der Waals surface area contributed by atoms with Crippen LogP contribution in [0.3, 0.4) is 0 Å². The van der Waals surface area contributed by atoms with Crippen molar-refractivity contribution in [3.05, 3.63) is 52.3 Å². The van der Waals surface area contributed by atoms with Crippen molar-refractivity contribution in [3.8, 4) is 5.75 Å². The summed E-state index contributed by atoms with van der Waals surface area (Å²) in [7, 11) is 1.76. The molecule has 0 saturated carbocycles. The molecule has 0 aliphatic rings. The fourth-order valence-electron chi connectivity index (χ4n) is 3.06. The maximum Gasteiger partial charge on any atom is 0.355 e. The summed E-state index contributed by atoms with van der Waals surface area (Å²) in [6.45, 7) is 9.79. The standard InChI is InChI=1S/C21H27NO4/c1-7-25-21(24)20-14(4)19(15(5)22(20)6)18(23)12-26-17-10-8-9-16(11-17)13(2)3/h8-11,13H,7,12H2,1-6H3. The lowest BCUT2D eigenvalue weighted by Gasteiger charge is -2.10. The average Bonchev–Trinajstić information content (AvgIpc) is 2.82. The molecule has 0 amide bonds. The first-order chi connectivity index (χ1) is 12.3. The smallest absolute Gasteiger partial charge is 0.355 e. The fraction of sp³-hybridized carbons (Fsp3) is 0.429. The second-order valence-corrected chi connectivity index (χ2v) is 6.65. The molecule has 1 aromatic heterocycles. The Labute approximate surface area is 154 Å². The summed E-state index contributed by atoms with van der Waals surface area (Å²) in [6.07, 6.45) is 0. The highest BCUT2D eigenvalue weighted by Gasteiger charge is 2.25. The van der Waals surface area contributed by atoms with Crippen LogP contribution in [0.2, 0.25) is 0 Å². The summed E-state index contributed by atoms with van der Waals surface area (Å²) in [4.78, 5) is 24.9. The Hall–Kier alpha value is -2.56. The minimum atomic E-state index is -0.416. The van der Waals surface area contributed by atoms with Crippen LogP contribution in [0.5, 0.6) is 5.75 Å². The quantitative estimate of drug-likeness (QED) is 0.550. The van der Waals surface area contributed by atoms with Gasteiger partial charge in [0.15, 0.2) is 6.61 Å². The number of hydrogen-bond acceptors (Lipinski definition) is 4. The van der Waals surface area contributed by atoms with Gasteiger partial charge in [-0.05, 0) is 49.9 Å². The normalized spacial score (nSPS) is 10.9. The van der Waals surface area contributed by atoms with Gasteiger partial charge in [-0.25, -0.2) is 4.79 Å². The summed E-state index contributed by atoms with van der Waals surface area (Å²) in [5.41, 5.74) is 3.46. The summed E-state index contributed by atoms with van der Waals surface area (Å²) in [5, 5.41) is 0. The SMILES string of the molecule is CCOC(=O)c1c(C)c(C(=O)COc2cccc(C(C)C)c2)c(C)n1C. The molecule has 0 saturated heterocycles. The van der Waals surface area contributed by atoms with Crippen molar-refractivity contribution in [1.29, 1.82) is 0 Å². The largest absolute Gasteiger partial charge is 0.485 e. The average molecular weight is 357 g/mol. The number of ether oxygens (including phenoxy) is 2. The minimum absolute atomic E-state index is 0.0739. The van der Waals surface area contributed by atoms with Crippen molar-refractivity contribution in [1.82, 2.24) is 4.57 Å². The van der Waals surface area contributed by atoms with Crippen molar-refractivity contribution >= 4 is 11.8 Å². The Morgan fingerprint density at radius 3 is 2.50 bits per heavy atom. The fourth-order valence-corrected chi connectivity index (χ4v) is 3.06. The van der Waals surface area contributed by atoms with Gasteiger partial charge >= 0.3 is 5.97 Å². The first kappa shape index (κ1) is 19.8. The zero-order chi connectivity index (χ0) is 19.4. The third-order valence-electron chi connectivity index (χ3n) is 4.57. The van der Waals surface area contributed by atoms with Gasteiger partial charge in [0.25, 0.3) is 0 Å². The lowest BCUT2D eigenvalue weighted by atomic mass is 10.0. The molecule has 0 atom stereocenters. The summed E-state index contributed by atoms with van der Waals surface area (Å²) < 4.78 is 12.5. The summed E-state index contributed by atoms with van der Waals surface area (Å²) in [6, 6.07) is 7.75. The number of ketones is 1. The number of Topliss-reactive ketones (excluding diaryl/α,β-unsaturated/α-hetero) is 1. The van der Waals surface area contributed by atoms with Crippen molar-refractivity contribution in [2.75, 3.05) is 13.2 Å². The molecule has 0 bridgehead atoms. The molecule has 0 aliphatic carbocycles. The van der Waals surface area contributed by atoms with Gasteiger partial charge in [0.05, 0.1) is 6.61 Å². The van der Waals surface area contributed by atoms with Crippen LogP contribution in [0.25, 0.3) is 0 Å². The minimum Gasteiger partial charge on any atom is -0.485 e. The molecular formula is C21H27NO4. The zero-order valence-corrected chi connectivity index (χ0v) is 16.4. The molecule has 0 fully saturated rings. The number of carbonyl (C=O) groups is 2. The Kier molecular flexibility index (Phi) is 6.24. The van der Waals surface area contributed by atoms with Crippen molar-refractivity contribution in [3.63, 3.8) is 0 Å². The van der Waals surface area contributed by atoms with E-state index in [-0.39, 0.29) is 12.4 Å². The molecule has 0 N–H and O–H groups in total. The van der Waals surface area contributed by atoms with E-state index in [0.717, 1.165) is 11.3 Å². The molecule has 0 radical (unpaired) electrons. The highest BCUT2D eigenvalue weighted by atomic mass is 16.5. The van der Waals surface area contributed by atoms with Gasteiger partial charge in [-0.3, -0.25) is 4.79 Å². The Bertz CT molecular complexity index is 818. The maximum atomic E-state index is 12.7. The van der Waals surface area contributed by atoms with Gasteiger partial charge in [0.2, 0.25) is 5.78 Å². The number of rotatable bonds is 7. The second-order valence-electron chi connectivity index (χ2n) is 6.65. The lowest BCUT2D eigenvalue weighted by molar-refractivity contribution is 0.0514. The van der Waals surface area contributed by atoms with Crippen LogP contribution < -0.4 is 4.74 Å².